The van der Waals surface area contributed by atoms with Gasteiger partial charge in [0.25, 0.3) is 5.91 Å². The van der Waals surface area contributed by atoms with Crippen molar-refractivity contribution in [2.45, 2.75) is 12.1 Å². The molecule has 0 N–H and O–H groups in total. The number of amides is 1. The van der Waals surface area contributed by atoms with Crippen LogP contribution in [0.25, 0.3) is 0 Å². The van der Waals surface area contributed by atoms with E-state index in [1.54, 1.807) is 16.2 Å². The quantitative estimate of drug-likeness (QED) is 0.804. The molecule has 2 atom stereocenters. The van der Waals surface area contributed by atoms with Crippen LogP contribution in [0.3, 0.4) is 0 Å². The molecule has 2 aliphatic heterocycles. The second-order valence-corrected chi connectivity index (χ2v) is 5.03. The third kappa shape index (κ3) is 2.13. The Bertz CT molecular complexity index is 440. The molecule has 5 nitrogen and oxygen atoms in total. The lowest BCUT2D eigenvalue weighted by Crippen LogP contribution is -2.46. The zero-order valence-corrected chi connectivity index (χ0v) is 10.6. The van der Waals surface area contributed by atoms with Gasteiger partial charge >= 0.3 is 0 Å². The maximum Gasteiger partial charge on any atom is 0.251 e. The van der Waals surface area contributed by atoms with Crippen molar-refractivity contribution in [3.05, 3.63) is 22.4 Å². The van der Waals surface area contributed by atoms with Crippen molar-refractivity contribution >= 4 is 23.6 Å². The SMILES string of the molecule is O=C([C@H]1N=CO[C@@H]1c1ccsc1)N1CCOCC1. The number of aliphatic imine (C=N–C) groups is 1. The summed E-state index contributed by atoms with van der Waals surface area (Å²) in [5, 5.41) is 3.98. The minimum atomic E-state index is -0.447. The Morgan fingerprint density at radius 1 is 1.44 bits per heavy atom. The van der Waals surface area contributed by atoms with Gasteiger partial charge in [-0.05, 0) is 16.8 Å². The molecular formula is C12H14N2O3S. The number of carbonyl (C=O) groups excluding carboxylic acids is 1. The fourth-order valence-corrected chi connectivity index (χ4v) is 2.86. The Morgan fingerprint density at radius 2 is 2.28 bits per heavy atom. The highest BCUT2D eigenvalue weighted by atomic mass is 32.1. The van der Waals surface area contributed by atoms with Crippen LogP contribution in [-0.2, 0) is 14.3 Å². The summed E-state index contributed by atoms with van der Waals surface area (Å²) in [4.78, 5) is 18.4. The molecular weight excluding hydrogens is 252 g/mol. The van der Waals surface area contributed by atoms with Gasteiger partial charge in [-0.1, -0.05) is 0 Å². The maximum absolute atomic E-state index is 12.4. The molecule has 1 amide bonds. The van der Waals surface area contributed by atoms with Gasteiger partial charge in [-0.15, -0.1) is 0 Å². The molecule has 0 spiro atoms. The molecule has 0 unspecified atom stereocenters. The molecule has 1 saturated heterocycles. The van der Waals surface area contributed by atoms with E-state index in [-0.39, 0.29) is 12.0 Å². The van der Waals surface area contributed by atoms with E-state index in [0.717, 1.165) is 5.56 Å². The van der Waals surface area contributed by atoms with Crippen LogP contribution in [0.5, 0.6) is 0 Å². The van der Waals surface area contributed by atoms with E-state index in [4.69, 9.17) is 9.47 Å². The number of carbonyl (C=O) groups is 1. The number of nitrogens with zero attached hydrogens (tertiary/aromatic N) is 2. The van der Waals surface area contributed by atoms with Crippen LogP contribution in [0.4, 0.5) is 0 Å². The standard InChI is InChI=1S/C12H14N2O3S/c15-12(14-2-4-16-5-3-14)10-11(17-8-13-10)9-1-6-18-7-9/h1,6-8,10-11H,2-5H2/t10-,11+/m0/s1. The second kappa shape index (κ2) is 5.07. The highest BCUT2D eigenvalue weighted by Gasteiger charge is 2.37. The van der Waals surface area contributed by atoms with Crippen LogP contribution in [0.2, 0.25) is 0 Å². The van der Waals surface area contributed by atoms with Crippen LogP contribution >= 0.6 is 11.3 Å². The van der Waals surface area contributed by atoms with Crippen LogP contribution in [0, 0.1) is 0 Å². The molecule has 1 fully saturated rings. The van der Waals surface area contributed by atoms with Crippen molar-refractivity contribution in [3.8, 4) is 0 Å². The molecule has 0 bridgehead atoms. The average molecular weight is 266 g/mol. The Kier molecular flexibility index (Phi) is 3.29. The smallest absolute Gasteiger partial charge is 0.251 e. The summed E-state index contributed by atoms with van der Waals surface area (Å²) < 4.78 is 10.7. The summed E-state index contributed by atoms with van der Waals surface area (Å²) in [6, 6.07) is 1.53. The minimum Gasteiger partial charge on any atom is -0.473 e. The van der Waals surface area contributed by atoms with E-state index in [0.29, 0.717) is 26.3 Å². The number of hydrogen-bond acceptors (Lipinski definition) is 5. The van der Waals surface area contributed by atoms with E-state index in [9.17, 15) is 4.79 Å². The van der Waals surface area contributed by atoms with E-state index in [1.165, 1.54) is 6.40 Å². The Labute approximate surface area is 109 Å². The van der Waals surface area contributed by atoms with Crippen molar-refractivity contribution in [2.75, 3.05) is 26.3 Å². The Hall–Kier alpha value is -1.40. The predicted octanol–water partition coefficient (Wildman–Crippen LogP) is 1.08. The van der Waals surface area contributed by atoms with Crippen molar-refractivity contribution in [1.82, 2.24) is 4.90 Å². The molecule has 3 rings (SSSR count). The minimum absolute atomic E-state index is 0.0308. The van der Waals surface area contributed by atoms with Crippen LogP contribution in [0.15, 0.2) is 21.8 Å². The molecule has 2 aliphatic rings. The first-order valence-corrected chi connectivity index (χ1v) is 6.86. The summed E-state index contributed by atoms with van der Waals surface area (Å²) in [6.45, 7) is 2.49. The number of thiophene rings is 1. The average Bonchev–Trinajstić information content (AvgIpc) is 3.09. The third-order valence-electron chi connectivity index (χ3n) is 3.16. The molecule has 1 aromatic heterocycles. The number of hydrogen-bond donors (Lipinski definition) is 0. The Balaban J connectivity index is 1.73. The van der Waals surface area contributed by atoms with Gasteiger partial charge in [-0.25, -0.2) is 4.99 Å². The lowest BCUT2D eigenvalue weighted by atomic mass is 10.0. The first-order chi connectivity index (χ1) is 8.86. The van der Waals surface area contributed by atoms with Gasteiger partial charge in [-0.3, -0.25) is 4.79 Å². The number of ether oxygens (including phenoxy) is 2. The van der Waals surface area contributed by atoms with Gasteiger partial charge in [0.15, 0.2) is 18.5 Å². The molecule has 18 heavy (non-hydrogen) atoms. The summed E-state index contributed by atoms with van der Waals surface area (Å²) in [7, 11) is 0. The van der Waals surface area contributed by atoms with Gasteiger partial charge in [0, 0.05) is 18.7 Å². The van der Waals surface area contributed by atoms with Crippen molar-refractivity contribution < 1.29 is 14.3 Å². The summed E-state index contributed by atoms with van der Waals surface area (Å²) in [5.74, 6) is 0.0308. The van der Waals surface area contributed by atoms with Crippen LogP contribution in [-0.4, -0.2) is 49.6 Å². The van der Waals surface area contributed by atoms with Gasteiger partial charge in [0.1, 0.15) is 0 Å². The predicted molar refractivity (Wildman–Crippen MR) is 67.8 cm³/mol. The van der Waals surface area contributed by atoms with E-state index >= 15 is 0 Å². The first-order valence-electron chi connectivity index (χ1n) is 5.92. The normalized spacial score (nSPS) is 27.2. The van der Waals surface area contributed by atoms with E-state index in [2.05, 4.69) is 4.99 Å². The highest BCUT2D eigenvalue weighted by molar-refractivity contribution is 7.08. The molecule has 0 aromatic carbocycles. The van der Waals surface area contributed by atoms with Gasteiger partial charge < -0.3 is 14.4 Å². The molecule has 3 heterocycles. The molecule has 1 aromatic rings. The molecule has 6 heteroatoms. The summed E-state index contributed by atoms with van der Waals surface area (Å²) in [6.07, 6.45) is 1.12. The second-order valence-electron chi connectivity index (χ2n) is 4.25. The fourth-order valence-electron chi connectivity index (χ4n) is 2.18. The van der Waals surface area contributed by atoms with Crippen LogP contribution in [0.1, 0.15) is 11.7 Å². The van der Waals surface area contributed by atoms with Gasteiger partial charge in [0.2, 0.25) is 0 Å². The first kappa shape index (κ1) is 11.7. The lowest BCUT2D eigenvalue weighted by molar-refractivity contribution is -0.138. The van der Waals surface area contributed by atoms with Crippen molar-refractivity contribution in [3.63, 3.8) is 0 Å². The summed E-state index contributed by atoms with van der Waals surface area (Å²) >= 11 is 1.60. The van der Waals surface area contributed by atoms with Crippen molar-refractivity contribution in [1.29, 1.82) is 0 Å². The number of morpholine rings is 1. The molecule has 0 aliphatic carbocycles. The summed E-state index contributed by atoms with van der Waals surface area (Å²) in [5.41, 5.74) is 1.02. The van der Waals surface area contributed by atoms with Gasteiger partial charge in [-0.2, -0.15) is 11.3 Å². The largest absolute Gasteiger partial charge is 0.473 e. The topological polar surface area (TPSA) is 51.1 Å². The van der Waals surface area contributed by atoms with E-state index in [1.807, 2.05) is 16.8 Å². The molecule has 0 radical (unpaired) electrons. The maximum atomic E-state index is 12.4. The van der Waals surface area contributed by atoms with E-state index < -0.39 is 6.04 Å². The van der Waals surface area contributed by atoms with Crippen LogP contribution < -0.4 is 0 Å². The molecule has 96 valence electrons. The zero-order valence-electron chi connectivity index (χ0n) is 9.82. The lowest BCUT2D eigenvalue weighted by Gasteiger charge is -2.29. The fraction of sp³-hybridized carbons (Fsp3) is 0.500. The van der Waals surface area contributed by atoms with Gasteiger partial charge in [0.05, 0.1) is 13.2 Å². The molecule has 0 saturated carbocycles. The Morgan fingerprint density at radius 3 is 3.00 bits per heavy atom. The monoisotopic (exact) mass is 266 g/mol. The zero-order chi connectivity index (χ0) is 12.4. The highest BCUT2D eigenvalue weighted by Crippen LogP contribution is 2.29. The van der Waals surface area contributed by atoms with Crippen molar-refractivity contribution in [2.24, 2.45) is 4.99 Å². The third-order valence-corrected chi connectivity index (χ3v) is 3.86. The number of rotatable bonds is 2.